The molecule has 1 aromatic carbocycles. The van der Waals surface area contributed by atoms with E-state index in [4.69, 9.17) is 0 Å². The number of ether oxygens (including phenoxy) is 1. The highest BCUT2D eigenvalue weighted by molar-refractivity contribution is 6.30. The molecule has 1 aromatic heterocycles. The second-order valence-corrected chi connectivity index (χ2v) is 4.50. The number of hydrogen-bond acceptors (Lipinski definition) is 5. The van der Waals surface area contributed by atoms with Gasteiger partial charge in [0.1, 0.15) is 0 Å². The van der Waals surface area contributed by atoms with Crippen molar-refractivity contribution < 1.29 is 19.1 Å². The number of aromatic amines is 1. The van der Waals surface area contributed by atoms with E-state index in [0.29, 0.717) is 0 Å². The van der Waals surface area contributed by atoms with Crippen LogP contribution in [0.1, 0.15) is 42.2 Å². The van der Waals surface area contributed by atoms with Gasteiger partial charge in [0.05, 0.1) is 18.2 Å². The molecule has 0 atom stereocenters. The van der Waals surface area contributed by atoms with Gasteiger partial charge in [-0.15, -0.1) is 0 Å². The lowest BCUT2D eigenvalue weighted by molar-refractivity contribution is 0.0597. The fourth-order valence-corrected chi connectivity index (χ4v) is 2.39. The number of nitrogens with one attached hydrogen (secondary N) is 1. The van der Waals surface area contributed by atoms with E-state index in [1.54, 1.807) is 0 Å². The molecule has 21 heavy (non-hydrogen) atoms. The number of ketones is 2. The van der Waals surface area contributed by atoms with Gasteiger partial charge in [-0.2, -0.15) is 0 Å². The first-order valence-electron chi connectivity index (χ1n) is 6.08. The third kappa shape index (κ3) is 1.80. The molecule has 0 fully saturated rings. The molecule has 0 bridgehead atoms. The van der Waals surface area contributed by atoms with Crippen molar-refractivity contribution in [3.63, 3.8) is 0 Å². The SMILES string of the molecule is COC(=O)c1cccc2c1C(=O)c1c[nH]c(=O)cc1C2=O. The Labute approximate surface area is 118 Å². The van der Waals surface area contributed by atoms with Crippen LogP contribution in [0.4, 0.5) is 0 Å². The number of benzene rings is 1. The first-order chi connectivity index (χ1) is 10.0. The van der Waals surface area contributed by atoms with Crippen LogP contribution in [0, 0.1) is 0 Å². The van der Waals surface area contributed by atoms with E-state index in [9.17, 15) is 19.2 Å². The molecule has 0 saturated carbocycles. The average Bonchev–Trinajstić information content (AvgIpc) is 2.51. The molecule has 2 aromatic rings. The summed E-state index contributed by atoms with van der Waals surface area (Å²) >= 11 is 0. The lowest BCUT2D eigenvalue weighted by Gasteiger charge is -2.18. The standard InChI is InChI=1S/C15H9NO5/c1-21-15(20)8-4-2-3-7-12(8)14(19)10-6-16-11(17)5-9(10)13(7)18/h2-6H,1H3,(H,16,17). The summed E-state index contributed by atoms with van der Waals surface area (Å²) in [6.07, 6.45) is 1.19. The molecule has 1 aliphatic carbocycles. The van der Waals surface area contributed by atoms with Gasteiger partial charge >= 0.3 is 5.97 Å². The highest BCUT2D eigenvalue weighted by Gasteiger charge is 2.33. The lowest BCUT2D eigenvalue weighted by atomic mass is 9.82. The predicted octanol–water partition coefficient (Wildman–Crippen LogP) is 0.937. The fourth-order valence-electron chi connectivity index (χ4n) is 2.39. The quantitative estimate of drug-likeness (QED) is 0.671. The molecule has 1 heterocycles. The first-order valence-corrected chi connectivity index (χ1v) is 6.08. The van der Waals surface area contributed by atoms with E-state index < -0.39 is 23.1 Å². The van der Waals surface area contributed by atoms with Gasteiger partial charge in [0, 0.05) is 29.0 Å². The van der Waals surface area contributed by atoms with Gasteiger partial charge in [-0.3, -0.25) is 14.4 Å². The second kappa shape index (κ2) is 4.52. The van der Waals surface area contributed by atoms with Gasteiger partial charge in [-0.05, 0) is 6.07 Å². The molecule has 1 aliphatic rings. The minimum Gasteiger partial charge on any atom is -0.465 e. The van der Waals surface area contributed by atoms with Crippen LogP contribution in [0.5, 0.6) is 0 Å². The summed E-state index contributed by atoms with van der Waals surface area (Å²) in [4.78, 5) is 50.4. The topological polar surface area (TPSA) is 93.3 Å². The number of carbonyl (C=O) groups is 3. The van der Waals surface area contributed by atoms with Crippen LogP contribution in [0.2, 0.25) is 0 Å². The highest BCUT2D eigenvalue weighted by Crippen LogP contribution is 2.28. The van der Waals surface area contributed by atoms with Crippen LogP contribution < -0.4 is 5.56 Å². The van der Waals surface area contributed by atoms with Crippen molar-refractivity contribution in [3.05, 3.63) is 68.6 Å². The molecule has 0 amide bonds. The molecular formula is C15H9NO5. The third-order valence-corrected chi connectivity index (χ3v) is 3.36. The zero-order chi connectivity index (χ0) is 15.1. The van der Waals surface area contributed by atoms with Crippen molar-refractivity contribution in [1.29, 1.82) is 0 Å². The number of esters is 1. The van der Waals surface area contributed by atoms with Crippen LogP contribution in [0.25, 0.3) is 0 Å². The number of rotatable bonds is 1. The smallest absolute Gasteiger partial charge is 0.338 e. The number of hydrogen-bond donors (Lipinski definition) is 1. The van der Waals surface area contributed by atoms with Crippen LogP contribution in [0.3, 0.4) is 0 Å². The number of aromatic nitrogens is 1. The van der Waals surface area contributed by atoms with E-state index in [-0.39, 0.29) is 27.8 Å². The van der Waals surface area contributed by atoms with Crippen LogP contribution in [0.15, 0.2) is 35.3 Å². The Morgan fingerprint density at radius 1 is 1.05 bits per heavy atom. The van der Waals surface area contributed by atoms with Gasteiger partial charge in [0.25, 0.3) is 0 Å². The van der Waals surface area contributed by atoms with Crippen molar-refractivity contribution in [2.45, 2.75) is 0 Å². The molecular weight excluding hydrogens is 274 g/mol. The molecule has 0 radical (unpaired) electrons. The van der Waals surface area contributed by atoms with Crippen molar-refractivity contribution in [2.75, 3.05) is 7.11 Å². The van der Waals surface area contributed by atoms with Crippen molar-refractivity contribution in [2.24, 2.45) is 0 Å². The van der Waals surface area contributed by atoms with E-state index >= 15 is 0 Å². The Kier molecular flexibility index (Phi) is 2.79. The molecule has 0 aliphatic heterocycles. The number of pyridine rings is 1. The van der Waals surface area contributed by atoms with Crippen molar-refractivity contribution in [1.82, 2.24) is 4.98 Å². The Balaban J connectivity index is 2.33. The molecule has 3 rings (SSSR count). The van der Waals surface area contributed by atoms with Crippen LogP contribution >= 0.6 is 0 Å². The molecule has 6 heteroatoms. The molecule has 0 spiro atoms. The third-order valence-electron chi connectivity index (χ3n) is 3.36. The maximum Gasteiger partial charge on any atom is 0.338 e. The molecule has 0 unspecified atom stereocenters. The summed E-state index contributed by atoms with van der Waals surface area (Å²) < 4.78 is 4.63. The summed E-state index contributed by atoms with van der Waals surface area (Å²) in [5.74, 6) is -1.64. The van der Waals surface area contributed by atoms with Gasteiger partial charge in [-0.25, -0.2) is 4.79 Å². The Morgan fingerprint density at radius 2 is 1.81 bits per heavy atom. The number of methoxy groups -OCH3 is 1. The molecule has 6 nitrogen and oxygen atoms in total. The van der Waals surface area contributed by atoms with Crippen molar-refractivity contribution in [3.8, 4) is 0 Å². The zero-order valence-corrected chi connectivity index (χ0v) is 10.9. The zero-order valence-electron chi connectivity index (χ0n) is 10.9. The largest absolute Gasteiger partial charge is 0.465 e. The minimum absolute atomic E-state index is 0.00824. The summed E-state index contributed by atoms with van der Waals surface area (Å²) in [5.41, 5.74) is -0.218. The van der Waals surface area contributed by atoms with E-state index in [1.165, 1.54) is 31.5 Å². The first kappa shape index (κ1) is 13.0. The molecule has 104 valence electrons. The van der Waals surface area contributed by atoms with Gasteiger partial charge in [-0.1, -0.05) is 12.1 Å². The summed E-state index contributed by atoms with van der Waals surface area (Å²) in [6.45, 7) is 0. The molecule has 1 N–H and O–H groups in total. The van der Waals surface area contributed by atoms with Gasteiger partial charge in [0.15, 0.2) is 11.6 Å². The van der Waals surface area contributed by atoms with Gasteiger partial charge < -0.3 is 9.72 Å². The van der Waals surface area contributed by atoms with Crippen LogP contribution in [-0.4, -0.2) is 29.6 Å². The molecule has 0 saturated heterocycles. The Bertz CT molecular complexity index is 863. The van der Waals surface area contributed by atoms with E-state index in [0.717, 1.165) is 6.07 Å². The minimum atomic E-state index is -0.694. The fraction of sp³-hybridized carbons (Fsp3) is 0.0667. The highest BCUT2D eigenvalue weighted by atomic mass is 16.5. The number of fused-ring (bicyclic) bond motifs is 2. The lowest BCUT2D eigenvalue weighted by Crippen LogP contribution is -2.26. The summed E-state index contributed by atoms with van der Waals surface area (Å²) in [5, 5.41) is 0. The van der Waals surface area contributed by atoms with E-state index in [2.05, 4.69) is 9.72 Å². The Morgan fingerprint density at radius 3 is 2.52 bits per heavy atom. The van der Waals surface area contributed by atoms with Gasteiger partial charge in [0.2, 0.25) is 5.56 Å². The summed E-state index contributed by atoms with van der Waals surface area (Å²) in [6, 6.07) is 5.45. The maximum absolute atomic E-state index is 12.5. The number of carbonyl (C=O) groups excluding carboxylic acids is 3. The monoisotopic (exact) mass is 283 g/mol. The number of H-pyrrole nitrogens is 1. The normalized spacial score (nSPS) is 12.6. The van der Waals surface area contributed by atoms with Crippen molar-refractivity contribution >= 4 is 17.5 Å². The van der Waals surface area contributed by atoms with Crippen LogP contribution in [-0.2, 0) is 4.74 Å². The maximum atomic E-state index is 12.5. The second-order valence-electron chi connectivity index (χ2n) is 4.50. The summed E-state index contributed by atoms with van der Waals surface area (Å²) in [7, 11) is 1.20. The predicted molar refractivity (Wildman–Crippen MR) is 71.7 cm³/mol. The Hall–Kier alpha value is -3.02. The van der Waals surface area contributed by atoms with E-state index in [1.807, 2.05) is 0 Å². The average molecular weight is 283 g/mol.